The van der Waals surface area contributed by atoms with Crippen LogP contribution in [0.25, 0.3) is 0 Å². The molecular weight excluding hydrogens is 382 g/mol. The first-order chi connectivity index (χ1) is 8.62. The lowest BCUT2D eigenvalue weighted by Crippen LogP contribution is -2.21. The second-order valence-corrected chi connectivity index (χ2v) is 4.33. The molecule has 0 fully saturated rings. The van der Waals surface area contributed by atoms with Crippen molar-refractivity contribution in [2.45, 2.75) is 12.7 Å². The Balaban J connectivity index is 0.000000399. The summed E-state index contributed by atoms with van der Waals surface area (Å²) in [7, 11) is 0. The number of aliphatic carboxylic acids is 1. The van der Waals surface area contributed by atoms with Gasteiger partial charge in [-0.3, -0.25) is 0 Å². The van der Waals surface area contributed by atoms with Crippen molar-refractivity contribution in [1.29, 1.82) is 0 Å². The maximum absolute atomic E-state index is 10.6. The number of amides is 1. The van der Waals surface area contributed by atoms with Crippen LogP contribution in [0.3, 0.4) is 0 Å². The van der Waals surface area contributed by atoms with E-state index in [-0.39, 0.29) is 0 Å². The van der Waals surface area contributed by atoms with Gasteiger partial charge in [-0.2, -0.15) is 13.2 Å². The summed E-state index contributed by atoms with van der Waals surface area (Å²) in [5.41, 5.74) is 0.970. The Kier molecular flexibility index (Phi) is 7.19. The molecule has 0 aliphatic heterocycles. The zero-order valence-electron chi connectivity index (χ0n) is 9.24. The van der Waals surface area contributed by atoms with Crippen molar-refractivity contribution >= 4 is 34.7 Å². The Bertz CT molecular complexity index is 433. The smallest absolute Gasteiger partial charge is 0.475 e. The minimum Gasteiger partial charge on any atom is -0.475 e. The molecule has 0 aliphatic carbocycles. The van der Waals surface area contributed by atoms with Gasteiger partial charge in [-0.1, -0.05) is 12.1 Å². The molecule has 0 aromatic heterocycles. The molecule has 3 N–H and O–H groups in total. The third-order valence-corrected chi connectivity index (χ3v) is 2.32. The number of carboxylic acids is 1. The Morgan fingerprint density at radius 1 is 1.16 bits per heavy atom. The molecule has 0 aliphatic rings. The number of hydrogen-bond donors (Lipinski definition) is 3. The molecule has 0 heterocycles. The van der Waals surface area contributed by atoms with Crippen molar-refractivity contribution in [2.24, 2.45) is 0 Å². The standard InChI is InChI=1S/C8H8INO2.C2HF3O2/c9-7-3-1-6(2-4-7)5-10-8(11)12;3-2(4,5)1(6)7/h1-4,10H,5H2,(H,11,12);(H,6,7). The fraction of sp³-hybridized carbons (Fsp3) is 0.200. The first kappa shape index (κ1) is 17.5. The van der Waals surface area contributed by atoms with Gasteiger partial charge in [-0.05, 0) is 40.3 Å². The number of carboxylic acid groups (broad SMARTS) is 2. The van der Waals surface area contributed by atoms with Crippen LogP contribution in [-0.2, 0) is 11.3 Å². The van der Waals surface area contributed by atoms with Crippen molar-refractivity contribution < 1.29 is 33.0 Å². The molecule has 5 nitrogen and oxygen atoms in total. The van der Waals surface area contributed by atoms with Gasteiger partial charge in [0, 0.05) is 10.1 Å². The molecule has 0 radical (unpaired) electrons. The maximum atomic E-state index is 10.6. The van der Waals surface area contributed by atoms with E-state index < -0.39 is 18.2 Å². The van der Waals surface area contributed by atoms with Crippen molar-refractivity contribution in [3.05, 3.63) is 33.4 Å². The normalized spacial score (nSPS) is 10.1. The van der Waals surface area contributed by atoms with Crippen LogP contribution < -0.4 is 5.32 Å². The second kappa shape index (κ2) is 7.81. The fourth-order valence-electron chi connectivity index (χ4n) is 0.780. The predicted molar refractivity (Wildman–Crippen MR) is 67.7 cm³/mol. The van der Waals surface area contributed by atoms with E-state index in [1.165, 1.54) is 0 Å². The van der Waals surface area contributed by atoms with E-state index in [0.29, 0.717) is 6.54 Å². The lowest BCUT2D eigenvalue weighted by Gasteiger charge is -2.00. The summed E-state index contributed by atoms with van der Waals surface area (Å²) < 4.78 is 32.9. The van der Waals surface area contributed by atoms with E-state index >= 15 is 0 Å². The summed E-state index contributed by atoms with van der Waals surface area (Å²) >= 11 is 2.20. The molecule has 19 heavy (non-hydrogen) atoms. The van der Waals surface area contributed by atoms with Crippen LogP contribution in [0.5, 0.6) is 0 Å². The molecule has 1 aromatic rings. The molecule has 1 rings (SSSR count). The first-order valence-corrected chi connectivity index (χ1v) is 5.72. The second-order valence-electron chi connectivity index (χ2n) is 3.09. The number of rotatable bonds is 2. The Morgan fingerprint density at radius 2 is 1.58 bits per heavy atom. The fourth-order valence-corrected chi connectivity index (χ4v) is 1.14. The minimum absolute atomic E-state index is 0.367. The number of hydrogen-bond acceptors (Lipinski definition) is 2. The summed E-state index contributed by atoms with van der Waals surface area (Å²) in [6, 6.07) is 7.69. The number of benzene rings is 1. The van der Waals surface area contributed by atoms with Gasteiger partial charge >= 0.3 is 18.2 Å². The third-order valence-electron chi connectivity index (χ3n) is 1.60. The number of alkyl halides is 3. The van der Waals surface area contributed by atoms with E-state index in [4.69, 9.17) is 15.0 Å². The third kappa shape index (κ3) is 9.11. The van der Waals surface area contributed by atoms with Gasteiger partial charge in [0.05, 0.1) is 0 Å². The molecule has 1 amide bonds. The van der Waals surface area contributed by atoms with Crippen molar-refractivity contribution in [2.75, 3.05) is 0 Å². The predicted octanol–water partition coefficient (Wildman–Crippen LogP) is 2.69. The molecule has 0 spiro atoms. The van der Waals surface area contributed by atoms with Crippen LogP contribution in [0.1, 0.15) is 5.56 Å². The molecule has 0 bridgehead atoms. The zero-order valence-corrected chi connectivity index (χ0v) is 11.4. The highest BCUT2D eigenvalue weighted by Gasteiger charge is 2.38. The van der Waals surface area contributed by atoms with Gasteiger partial charge in [0.1, 0.15) is 0 Å². The highest BCUT2D eigenvalue weighted by Crippen LogP contribution is 2.13. The van der Waals surface area contributed by atoms with Crippen molar-refractivity contribution in [3.63, 3.8) is 0 Å². The monoisotopic (exact) mass is 391 g/mol. The van der Waals surface area contributed by atoms with Crippen LogP contribution in [0, 0.1) is 3.57 Å². The van der Waals surface area contributed by atoms with E-state index in [1.807, 2.05) is 24.3 Å². The van der Waals surface area contributed by atoms with Crippen molar-refractivity contribution in [1.82, 2.24) is 5.32 Å². The van der Waals surface area contributed by atoms with Gasteiger partial charge < -0.3 is 15.5 Å². The lowest BCUT2D eigenvalue weighted by atomic mass is 10.2. The molecule has 0 saturated carbocycles. The molecule has 0 saturated heterocycles. The summed E-state index contributed by atoms with van der Waals surface area (Å²) in [6.07, 6.45) is -6.08. The number of nitrogens with one attached hydrogen (secondary N) is 1. The summed E-state index contributed by atoms with van der Waals surface area (Å²) in [6.45, 7) is 0.367. The Labute approximate surface area is 119 Å². The van der Waals surface area contributed by atoms with E-state index in [9.17, 15) is 18.0 Å². The van der Waals surface area contributed by atoms with Gasteiger partial charge in [-0.15, -0.1) is 0 Å². The van der Waals surface area contributed by atoms with Crippen LogP contribution in [0.4, 0.5) is 18.0 Å². The van der Waals surface area contributed by atoms with E-state index in [2.05, 4.69) is 27.9 Å². The number of carbonyl (C=O) groups is 2. The van der Waals surface area contributed by atoms with Crippen LogP contribution in [0.15, 0.2) is 24.3 Å². The average Bonchev–Trinajstić information content (AvgIpc) is 2.27. The van der Waals surface area contributed by atoms with Crippen molar-refractivity contribution in [3.8, 4) is 0 Å². The molecule has 0 atom stereocenters. The average molecular weight is 391 g/mol. The van der Waals surface area contributed by atoms with Crippen LogP contribution >= 0.6 is 22.6 Å². The Hall–Kier alpha value is -1.52. The van der Waals surface area contributed by atoms with E-state index in [1.54, 1.807) is 0 Å². The highest BCUT2D eigenvalue weighted by molar-refractivity contribution is 14.1. The van der Waals surface area contributed by atoms with Crippen LogP contribution in [-0.4, -0.2) is 28.5 Å². The molecule has 9 heteroatoms. The molecule has 1 aromatic carbocycles. The van der Waals surface area contributed by atoms with Crippen LogP contribution in [0.2, 0.25) is 0 Å². The molecule has 106 valence electrons. The summed E-state index contributed by atoms with van der Waals surface area (Å²) in [4.78, 5) is 19.0. The Morgan fingerprint density at radius 3 is 1.89 bits per heavy atom. The quantitative estimate of drug-likeness (QED) is 0.677. The SMILES string of the molecule is O=C(O)C(F)(F)F.O=C(O)NCc1ccc(I)cc1. The summed E-state index contributed by atoms with van der Waals surface area (Å²) in [5.74, 6) is -2.76. The van der Waals surface area contributed by atoms with Gasteiger partial charge in [0.25, 0.3) is 0 Å². The van der Waals surface area contributed by atoms with Gasteiger partial charge in [0.15, 0.2) is 0 Å². The van der Waals surface area contributed by atoms with Gasteiger partial charge in [-0.25, -0.2) is 9.59 Å². The molecule has 0 unspecified atom stereocenters. The summed E-state index contributed by atoms with van der Waals surface area (Å²) in [5, 5.41) is 17.7. The molecular formula is C10H9F3INO4. The van der Waals surface area contributed by atoms with E-state index in [0.717, 1.165) is 9.13 Å². The lowest BCUT2D eigenvalue weighted by molar-refractivity contribution is -0.192. The minimum atomic E-state index is -5.08. The zero-order chi connectivity index (χ0) is 15.1. The topological polar surface area (TPSA) is 86.6 Å². The maximum Gasteiger partial charge on any atom is 0.490 e. The highest BCUT2D eigenvalue weighted by atomic mass is 127. The van der Waals surface area contributed by atoms with Gasteiger partial charge in [0.2, 0.25) is 0 Å². The number of halogens is 4. The first-order valence-electron chi connectivity index (χ1n) is 4.64. The largest absolute Gasteiger partial charge is 0.490 e.